The van der Waals surface area contributed by atoms with Crippen LogP contribution in [0.5, 0.6) is 5.75 Å². The molecule has 4 rings (SSSR count). The maximum absolute atomic E-state index is 14.1. The van der Waals surface area contributed by atoms with Crippen LogP contribution in [0.2, 0.25) is 0 Å². The number of fused-ring (bicyclic) bond motifs is 1. The number of aliphatic hydroxyl groups is 1. The first kappa shape index (κ1) is 28.4. The summed E-state index contributed by atoms with van der Waals surface area (Å²) in [5, 5.41) is 16.2. The van der Waals surface area contributed by atoms with Crippen molar-refractivity contribution in [3.05, 3.63) is 24.3 Å². The van der Waals surface area contributed by atoms with Crippen LogP contribution in [-0.4, -0.2) is 70.8 Å². The first-order chi connectivity index (χ1) is 18.3. The van der Waals surface area contributed by atoms with E-state index in [2.05, 4.69) is 17.6 Å². The van der Waals surface area contributed by atoms with Crippen LogP contribution >= 0.6 is 0 Å². The summed E-state index contributed by atoms with van der Waals surface area (Å²) in [5.41, 5.74) is -1.30. The lowest BCUT2D eigenvalue weighted by Crippen LogP contribution is -2.58. The van der Waals surface area contributed by atoms with Gasteiger partial charge in [0.15, 0.2) is 0 Å². The van der Waals surface area contributed by atoms with E-state index in [1.165, 1.54) is 4.90 Å². The van der Waals surface area contributed by atoms with Crippen molar-refractivity contribution in [2.75, 3.05) is 25.1 Å². The van der Waals surface area contributed by atoms with Crippen molar-refractivity contribution in [3.63, 3.8) is 0 Å². The van der Waals surface area contributed by atoms with Crippen molar-refractivity contribution in [1.29, 1.82) is 0 Å². The first-order valence-electron chi connectivity index (χ1n) is 14.3. The molecule has 3 aliphatic rings. The molecule has 1 aromatic rings. The average molecular weight is 530 g/mol. The lowest BCUT2D eigenvalue weighted by Gasteiger charge is -2.37. The Balaban J connectivity index is 1.66. The van der Waals surface area contributed by atoms with E-state index in [0.717, 1.165) is 19.3 Å². The average Bonchev–Trinajstić information content (AvgIpc) is 3.52. The van der Waals surface area contributed by atoms with Crippen molar-refractivity contribution < 1.29 is 29.0 Å². The number of carbonyl (C=O) groups is 3. The summed E-state index contributed by atoms with van der Waals surface area (Å²) in [6, 6.07) is 5.74. The number of rotatable bonds is 13. The van der Waals surface area contributed by atoms with Gasteiger partial charge in [-0.15, -0.1) is 0 Å². The first-order valence-corrected chi connectivity index (χ1v) is 14.3. The summed E-state index contributed by atoms with van der Waals surface area (Å²) in [6.07, 6.45) is 5.05. The number of aliphatic hydroxyl groups excluding tert-OH is 1. The van der Waals surface area contributed by atoms with Crippen LogP contribution in [0.25, 0.3) is 0 Å². The van der Waals surface area contributed by atoms with Crippen molar-refractivity contribution in [3.8, 4) is 5.75 Å². The van der Waals surface area contributed by atoms with Gasteiger partial charge in [0.1, 0.15) is 17.4 Å². The Kier molecular flexibility index (Phi) is 8.67. The minimum atomic E-state index is -1.09. The molecule has 9 heteroatoms. The molecule has 1 spiro atoms. The monoisotopic (exact) mass is 529 g/mol. The number of hydrogen-bond acceptors (Lipinski definition) is 6. The second-order valence-corrected chi connectivity index (χ2v) is 10.8. The third kappa shape index (κ3) is 4.68. The molecule has 3 amide bonds. The van der Waals surface area contributed by atoms with E-state index in [-0.39, 0.29) is 24.3 Å². The maximum Gasteiger partial charge on any atom is 0.245 e. The van der Waals surface area contributed by atoms with Crippen LogP contribution < -0.4 is 15.4 Å². The number of nitrogens with zero attached hydrogens (tertiary/aromatic N) is 1. The SMILES string of the molecule is CCCCCNC(=O)C1N([C@@H](CC)CO)C(=O)[C@@H]2[C@@H](C(=O)Nc3ccc(OCC)cc3)[C@@]3(CC)CCC12O3. The quantitative estimate of drug-likeness (QED) is 0.338. The topological polar surface area (TPSA) is 117 Å². The highest BCUT2D eigenvalue weighted by Crippen LogP contribution is 2.64. The molecule has 3 fully saturated rings. The molecule has 9 nitrogen and oxygen atoms in total. The molecule has 0 saturated carbocycles. The van der Waals surface area contributed by atoms with Crippen LogP contribution in [0.15, 0.2) is 24.3 Å². The molecule has 3 aliphatic heterocycles. The van der Waals surface area contributed by atoms with Crippen LogP contribution in [0.3, 0.4) is 0 Å². The van der Waals surface area contributed by atoms with Crippen molar-refractivity contribution in [2.45, 2.75) is 95.9 Å². The van der Waals surface area contributed by atoms with E-state index in [1.54, 1.807) is 24.3 Å². The number of anilines is 1. The standard InChI is InChI=1S/C29H43N3O6/c1-5-9-10-17-30-26(35)24-29-16-15-28(7-3,38-29)22(23(29)27(36)32(24)20(6-2)18-33)25(34)31-19-11-13-21(14-12-19)37-8-4/h11-14,20,22-24,33H,5-10,15-18H2,1-4H3,(H,30,35)(H,31,34)/t20-,22-,23-,24?,28+,29?/m0/s1. The zero-order chi connectivity index (χ0) is 27.5. The number of ether oxygens (including phenoxy) is 2. The second-order valence-electron chi connectivity index (χ2n) is 10.8. The summed E-state index contributed by atoms with van der Waals surface area (Å²) in [5.74, 6) is -1.63. The predicted molar refractivity (Wildman–Crippen MR) is 144 cm³/mol. The Morgan fingerprint density at radius 2 is 1.87 bits per heavy atom. The molecule has 1 aromatic carbocycles. The van der Waals surface area contributed by atoms with E-state index in [1.807, 2.05) is 20.8 Å². The maximum atomic E-state index is 14.1. The fourth-order valence-electron chi connectivity index (χ4n) is 6.87. The van der Waals surface area contributed by atoms with E-state index in [4.69, 9.17) is 9.47 Å². The number of carbonyl (C=O) groups excluding carboxylic acids is 3. The molecule has 3 heterocycles. The Labute approximate surface area is 225 Å². The molecule has 0 aromatic heterocycles. The zero-order valence-electron chi connectivity index (χ0n) is 23.1. The minimum absolute atomic E-state index is 0.257. The third-order valence-electron chi connectivity index (χ3n) is 8.74. The summed E-state index contributed by atoms with van der Waals surface area (Å²) in [6.45, 7) is 8.68. The highest BCUT2D eigenvalue weighted by Gasteiger charge is 2.79. The Morgan fingerprint density at radius 1 is 1.13 bits per heavy atom. The van der Waals surface area contributed by atoms with E-state index < -0.39 is 35.1 Å². The van der Waals surface area contributed by atoms with E-state index >= 15 is 0 Å². The molecular weight excluding hydrogens is 486 g/mol. The fraction of sp³-hybridized carbons (Fsp3) is 0.690. The molecule has 0 aliphatic carbocycles. The zero-order valence-corrected chi connectivity index (χ0v) is 23.1. The van der Waals surface area contributed by atoms with Gasteiger partial charge in [-0.05, 0) is 63.3 Å². The number of hydrogen-bond donors (Lipinski definition) is 3. The summed E-state index contributed by atoms with van der Waals surface area (Å²) in [4.78, 5) is 43.2. The Bertz CT molecular complexity index is 1010. The minimum Gasteiger partial charge on any atom is -0.494 e. The van der Waals surface area contributed by atoms with Gasteiger partial charge in [0.2, 0.25) is 17.7 Å². The number of nitrogens with one attached hydrogen (secondary N) is 2. The Morgan fingerprint density at radius 3 is 2.47 bits per heavy atom. The van der Waals surface area contributed by atoms with Gasteiger partial charge in [-0.2, -0.15) is 0 Å². The van der Waals surface area contributed by atoms with Gasteiger partial charge in [-0.1, -0.05) is 33.6 Å². The van der Waals surface area contributed by atoms with Crippen LogP contribution in [0.1, 0.15) is 72.6 Å². The second kappa shape index (κ2) is 11.6. The van der Waals surface area contributed by atoms with E-state index in [0.29, 0.717) is 50.3 Å². The number of amides is 3. The highest BCUT2D eigenvalue weighted by molar-refractivity contribution is 6.02. The van der Waals surface area contributed by atoms with Crippen LogP contribution in [0.4, 0.5) is 5.69 Å². The number of likely N-dealkylation sites (tertiary alicyclic amines) is 1. The molecule has 6 atom stereocenters. The molecule has 38 heavy (non-hydrogen) atoms. The predicted octanol–water partition coefficient (Wildman–Crippen LogP) is 3.26. The van der Waals surface area contributed by atoms with Gasteiger partial charge in [0.25, 0.3) is 0 Å². The molecule has 2 unspecified atom stereocenters. The van der Waals surface area contributed by atoms with E-state index in [9.17, 15) is 19.5 Å². The summed E-state index contributed by atoms with van der Waals surface area (Å²) < 4.78 is 12.3. The highest BCUT2D eigenvalue weighted by atomic mass is 16.5. The smallest absolute Gasteiger partial charge is 0.245 e. The van der Waals surface area contributed by atoms with Crippen molar-refractivity contribution in [1.82, 2.24) is 10.2 Å². The van der Waals surface area contributed by atoms with Gasteiger partial charge >= 0.3 is 0 Å². The molecular formula is C29H43N3O6. The number of benzene rings is 1. The molecule has 210 valence electrons. The van der Waals surface area contributed by atoms with Gasteiger partial charge < -0.3 is 30.1 Å². The largest absolute Gasteiger partial charge is 0.494 e. The van der Waals surface area contributed by atoms with Crippen LogP contribution in [0, 0.1) is 11.8 Å². The van der Waals surface area contributed by atoms with Crippen molar-refractivity contribution in [2.24, 2.45) is 11.8 Å². The third-order valence-corrected chi connectivity index (χ3v) is 8.74. The van der Waals surface area contributed by atoms with Gasteiger partial charge in [0.05, 0.1) is 36.7 Å². The summed E-state index contributed by atoms with van der Waals surface area (Å²) in [7, 11) is 0. The molecule has 3 saturated heterocycles. The lowest BCUT2D eigenvalue weighted by atomic mass is 9.65. The fourth-order valence-corrected chi connectivity index (χ4v) is 6.87. The van der Waals surface area contributed by atoms with Crippen molar-refractivity contribution >= 4 is 23.4 Å². The van der Waals surface area contributed by atoms with Gasteiger partial charge in [0, 0.05) is 12.2 Å². The van der Waals surface area contributed by atoms with Crippen LogP contribution in [-0.2, 0) is 19.1 Å². The number of unbranched alkanes of at least 4 members (excludes halogenated alkanes) is 2. The molecule has 0 radical (unpaired) electrons. The van der Waals surface area contributed by atoms with Gasteiger partial charge in [-0.3, -0.25) is 14.4 Å². The normalized spacial score (nSPS) is 30.3. The Hall–Kier alpha value is -2.65. The van der Waals surface area contributed by atoms with Gasteiger partial charge in [-0.25, -0.2) is 0 Å². The molecule has 2 bridgehead atoms. The summed E-state index contributed by atoms with van der Waals surface area (Å²) >= 11 is 0. The lowest BCUT2D eigenvalue weighted by molar-refractivity contribution is -0.150. The molecule has 3 N–H and O–H groups in total.